The molecule has 1 N–H and O–H groups in total. The number of carbonyl (C=O) groups is 1. The Labute approximate surface area is 136 Å². The molecular formula is C16H14INOS. The van der Waals surface area contributed by atoms with Crippen molar-refractivity contribution in [1.82, 2.24) is 5.32 Å². The molecule has 1 heterocycles. The van der Waals surface area contributed by atoms with Crippen LogP contribution in [0.1, 0.15) is 28.4 Å². The van der Waals surface area contributed by atoms with Gasteiger partial charge in [-0.05, 0) is 58.8 Å². The molecule has 0 radical (unpaired) electrons. The summed E-state index contributed by atoms with van der Waals surface area (Å²) in [6.07, 6.45) is 0.983. The van der Waals surface area contributed by atoms with Gasteiger partial charge in [0.15, 0.2) is 0 Å². The topological polar surface area (TPSA) is 29.1 Å². The summed E-state index contributed by atoms with van der Waals surface area (Å²) < 4.78 is 1.08. The van der Waals surface area contributed by atoms with Crippen molar-refractivity contribution >= 4 is 40.3 Å². The Morgan fingerprint density at radius 2 is 2.05 bits per heavy atom. The van der Waals surface area contributed by atoms with Gasteiger partial charge >= 0.3 is 0 Å². The van der Waals surface area contributed by atoms with Crippen molar-refractivity contribution in [3.05, 3.63) is 63.2 Å². The summed E-state index contributed by atoms with van der Waals surface area (Å²) in [6, 6.07) is 16.1. The van der Waals surface area contributed by atoms with Crippen molar-refractivity contribution in [1.29, 1.82) is 0 Å². The molecule has 1 amide bonds. The second kappa shape index (κ2) is 6.18. The summed E-state index contributed by atoms with van der Waals surface area (Å²) in [6.45, 7) is 0. The first-order valence-electron chi connectivity index (χ1n) is 6.52. The first-order valence-corrected chi connectivity index (χ1v) is 8.58. The zero-order valence-corrected chi connectivity index (χ0v) is 13.8. The van der Waals surface area contributed by atoms with Gasteiger partial charge in [-0.3, -0.25) is 4.79 Å². The number of fused-ring (bicyclic) bond motifs is 1. The van der Waals surface area contributed by atoms with Crippen LogP contribution in [0.4, 0.5) is 0 Å². The fourth-order valence-corrected chi connectivity index (χ4v) is 4.03. The summed E-state index contributed by atoms with van der Waals surface area (Å²) in [5.74, 6) is 1.06. The Bertz CT molecular complexity index is 644. The quantitative estimate of drug-likeness (QED) is 0.771. The van der Waals surface area contributed by atoms with Gasteiger partial charge in [-0.25, -0.2) is 0 Å². The zero-order valence-electron chi connectivity index (χ0n) is 10.8. The van der Waals surface area contributed by atoms with E-state index in [0.717, 1.165) is 21.3 Å². The monoisotopic (exact) mass is 395 g/mol. The zero-order chi connectivity index (χ0) is 13.9. The number of thioether (sulfide) groups is 1. The van der Waals surface area contributed by atoms with Crippen LogP contribution in [0, 0.1) is 3.57 Å². The molecule has 2 aromatic rings. The van der Waals surface area contributed by atoms with Gasteiger partial charge in [-0.2, -0.15) is 0 Å². The molecule has 0 saturated heterocycles. The van der Waals surface area contributed by atoms with Gasteiger partial charge in [-0.15, -0.1) is 11.8 Å². The molecule has 0 aliphatic carbocycles. The first-order chi connectivity index (χ1) is 9.74. The minimum absolute atomic E-state index is 0.00946. The molecular weight excluding hydrogens is 381 g/mol. The van der Waals surface area contributed by atoms with Crippen LogP contribution in [-0.2, 0) is 0 Å². The van der Waals surface area contributed by atoms with Crippen molar-refractivity contribution < 1.29 is 4.79 Å². The summed E-state index contributed by atoms with van der Waals surface area (Å²) in [7, 11) is 0. The van der Waals surface area contributed by atoms with E-state index in [2.05, 4.69) is 46.1 Å². The highest BCUT2D eigenvalue weighted by Gasteiger charge is 2.22. The van der Waals surface area contributed by atoms with Crippen molar-refractivity contribution in [3.63, 3.8) is 0 Å². The lowest BCUT2D eigenvalue weighted by atomic mass is 10.0. The van der Waals surface area contributed by atoms with Crippen LogP contribution in [0.2, 0.25) is 0 Å². The average Bonchev–Trinajstić information content (AvgIpc) is 2.47. The number of hydrogen-bond acceptors (Lipinski definition) is 2. The third kappa shape index (κ3) is 3.01. The molecule has 0 fully saturated rings. The van der Waals surface area contributed by atoms with Crippen molar-refractivity contribution in [2.75, 3.05) is 5.75 Å². The standard InChI is InChI=1S/C16H14INOS/c17-12-5-3-4-11(10-12)16(19)18-14-8-9-20-15-7-2-1-6-13(14)15/h1-7,10,14H,8-9H2,(H,18,19)/t14-/m0/s1. The third-order valence-electron chi connectivity index (χ3n) is 3.35. The predicted octanol–water partition coefficient (Wildman–Crippen LogP) is 4.26. The van der Waals surface area contributed by atoms with Crippen LogP contribution in [-0.4, -0.2) is 11.7 Å². The van der Waals surface area contributed by atoms with E-state index in [1.807, 2.05) is 42.1 Å². The highest BCUT2D eigenvalue weighted by atomic mass is 127. The molecule has 0 bridgehead atoms. The van der Waals surface area contributed by atoms with E-state index in [1.165, 1.54) is 10.5 Å². The normalized spacial score (nSPS) is 17.4. The molecule has 0 saturated carbocycles. The van der Waals surface area contributed by atoms with E-state index in [1.54, 1.807) is 0 Å². The van der Waals surface area contributed by atoms with Crippen molar-refractivity contribution in [3.8, 4) is 0 Å². The van der Waals surface area contributed by atoms with Crippen LogP contribution in [0.3, 0.4) is 0 Å². The number of rotatable bonds is 2. The minimum Gasteiger partial charge on any atom is -0.345 e. The molecule has 0 spiro atoms. The number of amides is 1. The van der Waals surface area contributed by atoms with Gasteiger partial charge in [0.05, 0.1) is 6.04 Å². The fraction of sp³-hybridized carbons (Fsp3) is 0.188. The molecule has 102 valence electrons. The molecule has 3 rings (SSSR count). The second-order valence-electron chi connectivity index (χ2n) is 4.71. The van der Waals surface area contributed by atoms with Gasteiger partial charge < -0.3 is 5.32 Å². The van der Waals surface area contributed by atoms with Crippen LogP contribution >= 0.6 is 34.4 Å². The molecule has 1 atom stereocenters. The first kappa shape index (κ1) is 13.9. The molecule has 1 aliphatic heterocycles. The van der Waals surface area contributed by atoms with E-state index in [9.17, 15) is 4.79 Å². The maximum Gasteiger partial charge on any atom is 0.251 e. The SMILES string of the molecule is O=C(N[C@H]1CCSc2ccccc21)c1cccc(I)c1. The molecule has 20 heavy (non-hydrogen) atoms. The molecule has 2 aromatic carbocycles. The smallest absolute Gasteiger partial charge is 0.251 e. The number of benzene rings is 2. The largest absolute Gasteiger partial charge is 0.345 e. The number of carbonyl (C=O) groups excluding carboxylic acids is 1. The molecule has 0 aromatic heterocycles. The fourth-order valence-electron chi connectivity index (χ4n) is 2.36. The minimum atomic E-state index is 0.00946. The van der Waals surface area contributed by atoms with Crippen LogP contribution in [0.5, 0.6) is 0 Å². The average molecular weight is 395 g/mol. The summed E-state index contributed by atoms with van der Waals surface area (Å²) >= 11 is 4.09. The third-order valence-corrected chi connectivity index (χ3v) is 5.14. The molecule has 2 nitrogen and oxygen atoms in total. The summed E-state index contributed by atoms with van der Waals surface area (Å²) in [5, 5.41) is 3.16. The van der Waals surface area contributed by atoms with E-state index in [0.29, 0.717) is 0 Å². The van der Waals surface area contributed by atoms with E-state index in [-0.39, 0.29) is 11.9 Å². The second-order valence-corrected chi connectivity index (χ2v) is 7.09. The Morgan fingerprint density at radius 3 is 2.90 bits per heavy atom. The Morgan fingerprint density at radius 1 is 1.20 bits per heavy atom. The summed E-state index contributed by atoms with van der Waals surface area (Å²) in [4.78, 5) is 13.6. The number of nitrogens with one attached hydrogen (secondary N) is 1. The Hall–Kier alpha value is -1.01. The van der Waals surface area contributed by atoms with Crippen molar-refractivity contribution in [2.45, 2.75) is 17.4 Å². The van der Waals surface area contributed by atoms with Crippen molar-refractivity contribution in [2.24, 2.45) is 0 Å². The van der Waals surface area contributed by atoms with E-state index >= 15 is 0 Å². The molecule has 4 heteroatoms. The predicted molar refractivity (Wildman–Crippen MR) is 91.1 cm³/mol. The van der Waals surface area contributed by atoms with Crippen LogP contribution in [0.25, 0.3) is 0 Å². The van der Waals surface area contributed by atoms with Gasteiger partial charge in [0.25, 0.3) is 5.91 Å². The number of halogens is 1. The van der Waals surface area contributed by atoms with E-state index < -0.39 is 0 Å². The number of hydrogen-bond donors (Lipinski definition) is 1. The lowest BCUT2D eigenvalue weighted by molar-refractivity contribution is 0.0935. The van der Waals surface area contributed by atoms with Gasteiger partial charge in [0.2, 0.25) is 0 Å². The van der Waals surface area contributed by atoms with Gasteiger partial charge in [-0.1, -0.05) is 24.3 Å². The van der Waals surface area contributed by atoms with Crippen LogP contribution in [0.15, 0.2) is 53.4 Å². The Kier molecular flexibility index (Phi) is 4.31. The maximum atomic E-state index is 12.4. The molecule has 0 unspecified atom stereocenters. The lowest BCUT2D eigenvalue weighted by Gasteiger charge is -2.25. The van der Waals surface area contributed by atoms with Crippen LogP contribution < -0.4 is 5.32 Å². The van der Waals surface area contributed by atoms with Gasteiger partial charge in [0.1, 0.15) is 0 Å². The highest BCUT2D eigenvalue weighted by Crippen LogP contribution is 2.35. The lowest BCUT2D eigenvalue weighted by Crippen LogP contribution is -2.30. The summed E-state index contributed by atoms with van der Waals surface area (Å²) in [5.41, 5.74) is 1.97. The maximum absolute atomic E-state index is 12.4. The molecule has 1 aliphatic rings. The van der Waals surface area contributed by atoms with E-state index in [4.69, 9.17) is 0 Å². The Balaban J connectivity index is 1.81. The van der Waals surface area contributed by atoms with Gasteiger partial charge in [0, 0.05) is 19.8 Å². The highest BCUT2D eigenvalue weighted by molar-refractivity contribution is 14.1.